The fraction of sp³-hybridized carbons (Fsp3) is 0.389. The second-order valence-corrected chi connectivity index (χ2v) is 6.26. The van der Waals surface area contributed by atoms with Crippen molar-refractivity contribution in [3.63, 3.8) is 0 Å². The molecule has 124 valence electrons. The Kier molecular flexibility index (Phi) is 4.38. The molecule has 1 atom stereocenters. The number of hydrogen-bond acceptors (Lipinski definition) is 5. The predicted octanol–water partition coefficient (Wildman–Crippen LogP) is 2.52. The molecule has 1 aliphatic rings. The van der Waals surface area contributed by atoms with Crippen LogP contribution in [0.3, 0.4) is 0 Å². The first-order chi connectivity index (χ1) is 11.9. The van der Waals surface area contributed by atoms with Crippen LogP contribution in [0, 0.1) is 0 Å². The Labute approximate surface area is 141 Å². The lowest BCUT2D eigenvalue weighted by atomic mass is 10.1. The molecule has 2 aromatic heterocycles. The summed E-state index contributed by atoms with van der Waals surface area (Å²) in [5, 5.41) is 8.43. The molecule has 1 saturated heterocycles. The van der Waals surface area contributed by atoms with E-state index in [1.165, 1.54) is 18.4 Å². The zero-order chi connectivity index (χ0) is 16.2. The minimum atomic E-state index is 0.481. The summed E-state index contributed by atoms with van der Waals surface area (Å²) in [4.78, 5) is 6.98. The molecule has 0 spiro atoms. The molecule has 1 aliphatic heterocycles. The van der Waals surface area contributed by atoms with E-state index in [2.05, 4.69) is 32.3 Å². The van der Waals surface area contributed by atoms with Crippen LogP contribution in [0.5, 0.6) is 0 Å². The first kappa shape index (κ1) is 15.1. The van der Waals surface area contributed by atoms with Gasteiger partial charge in [0.15, 0.2) is 5.82 Å². The van der Waals surface area contributed by atoms with E-state index in [1.807, 2.05) is 41.3 Å². The average Bonchev–Trinajstić information content (AvgIpc) is 3.34. The van der Waals surface area contributed by atoms with E-state index in [4.69, 9.17) is 4.52 Å². The van der Waals surface area contributed by atoms with Crippen molar-refractivity contribution >= 4 is 0 Å². The van der Waals surface area contributed by atoms with Crippen LogP contribution >= 0.6 is 0 Å². The van der Waals surface area contributed by atoms with Crippen LogP contribution in [-0.2, 0) is 19.5 Å². The summed E-state index contributed by atoms with van der Waals surface area (Å²) in [6.07, 6.45) is 6.94. The van der Waals surface area contributed by atoms with E-state index in [0.29, 0.717) is 24.9 Å². The van der Waals surface area contributed by atoms with Gasteiger partial charge in [-0.3, -0.25) is 9.58 Å². The standard InChI is InChI=1S/C18H21N5O/c1-2-6-15(7-3-1)12-17-20-18(24-21-17)14-22-10-4-8-16(22)13-23-11-5-9-19-23/h1-3,5-7,9,11,16H,4,8,10,12-14H2/t16-/m1/s1. The lowest BCUT2D eigenvalue weighted by molar-refractivity contribution is 0.192. The third kappa shape index (κ3) is 3.54. The molecule has 3 aromatic rings. The Bertz CT molecular complexity index is 753. The van der Waals surface area contributed by atoms with Crippen LogP contribution < -0.4 is 0 Å². The summed E-state index contributed by atoms with van der Waals surface area (Å²) in [5.74, 6) is 1.45. The zero-order valence-corrected chi connectivity index (χ0v) is 13.6. The third-order valence-electron chi connectivity index (χ3n) is 4.51. The van der Waals surface area contributed by atoms with Gasteiger partial charge in [0, 0.05) is 24.9 Å². The molecule has 3 heterocycles. The van der Waals surface area contributed by atoms with Crippen molar-refractivity contribution in [2.24, 2.45) is 0 Å². The summed E-state index contributed by atoms with van der Waals surface area (Å²) in [6.45, 7) is 2.70. The van der Waals surface area contributed by atoms with Crippen molar-refractivity contribution < 1.29 is 4.52 Å². The molecule has 0 amide bonds. The smallest absolute Gasteiger partial charge is 0.240 e. The van der Waals surface area contributed by atoms with Gasteiger partial charge in [0.05, 0.1) is 13.1 Å². The van der Waals surface area contributed by atoms with Crippen molar-refractivity contribution in [2.75, 3.05) is 6.54 Å². The van der Waals surface area contributed by atoms with Gasteiger partial charge in [-0.2, -0.15) is 10.1 Å². The number of likely N-dealkylation sites (tertiary alicyclic amines) is 1. The number of nitrogens with zero attached hydrogens (tertiary/aromatic N) is 5. The number of benzene rings is 1. The molecular formula is C18H21N5O. The minimum absolute atomic E-state index is 0.481. The van der Waals surface area contributed by atoms with Crippen LogP contribution in [0.25, 0.3) is 0 Å². The second kappa shape index (κ2) is 6.97. The van der Waals surface area contributed by atoms with E-state index in [9.17, 15) is 0 Å². The highest BCUT2D eigenvalue weighted by atomic mass is 16.5. The number of aromatic nitrogens is 4. The van der Waals surface area contributed by atoms with Gasteiger partial charge in [-0.05, 0) is 31.0 Å². The Morgan fingerprint density at radius 2 is 2.08 bits per heavy atom. The number of hydrogen-bond donors (Lipinski definition) is 0. The molecule has 1 fully saturated rings. The van der Waals surface area contributed by atoms with E-state index >= 15 is 0 Å². The molecule has 6 nitrogen and oxygen atoms in total. The Morgan fingerprint density at radius 3 is 2.92 bits per heavy atom. The van der Waals surface area contributed by atoms with Crippen LogP contribution in [0.1, 0.15) is 30.1 Å². The molecule has 24 heavy (non-hydrogen) atoms. The molecule has 0 unspecified atom stereocenters. The highest BCUT2D eigenvalue weighted by molar-refractivity contribution is 5.18. The van der Waals surface area contributed by atoms with Gasteiger partial charge in [0.2, 0.25) is 5.89 Å². The summed E-state index contributed by atoms with van der Waals surface area (Å²) in [6, 6.07) is 12.7. The Morgan fingerprint density at radius 1 is 1.17 bits per heavy atom. The summed E-state index contributed by atoms with van der Waals surface area (Å²) < 4.78 is 7.45. The monoisotopic (exact) mass is 323 g/mol. The minimum Gasteiger partial charge on any atom is -0.338 e. The van der Waals surface area contributed by atoms with Gasteiger partial charge in [0.25, 0.3) is 0 Å². The lowest BCUT2D eigenvalue weighted by Gasteiger charge is -2.22. The highest BCUT2D eigenvalue weighted by Gasteiger charge is 2.26. The molecule has 4 rings (SSSR count). The van der Waals surface area contributed by atoms with Crippen molar-refractivity contribution in [2.45, 2.75) is 38.4 Å². The first-order valence-corrected chi connectivity index (χ1v) is 8.44. The SMILES string of the molecule is c1ccc(Cc2noc(CN3CCC[C@@H]3Cn3cccn3)n2)cc1. The molecule has 0 N–H and O–H groups in total. The van der Waals surface area contributed by atoms with Crippen molar-refractivity contribution in [1.82, 2.24) is 24.8 Å². The van der Waals surface area contributed by atoms with Crippen molar-refractivity contribution in [3.8, 4) is 0 Å². The van der Waals surface area contributed by atoms with Crippen molar-refractivity contribution in [3.05, 3.63) is 66.1 Å². The predicted molar refractivity (Wildman–Crippen MR) is 89.2 cm³/mol. The molecular weight excluding hydrogens is 302 g/mol. The fourth-order valence-corrected chi connectivity index (χ4v) is 3.31. The van der Waals surface area contributed by atoms with Gasteiger partial charge in [-0.25, -0.2) is 0 Å². The molecule has 0 saturated carbocycles. The summed E-state index contributed by atoms with van der Waals surface area (Å²) in [5.41, 5.74) is 1.20. The van der Waals surface area contributed by atoms with Gasteiger partial charge in [0.1, 0.15) is 0 Å². The van der Waals surface area contributed by atoms with Crippen LogP contribution in [-0.4, -0.2) is 37.4 Å². The molecule has 0 bridgehead atoms. The van der Waals surface area contributed by atoms with Gasteiger partial charge >= 0.3 is 0 Å². The molecule has 6 heteroatoms. The van der Waals surface area contributed by atoms with Crippen LogP contribution in [0.4, 0.5) is 0 Å². The lowest BCUT2D eigenvalue weighted by Crippen LogP contribution is -2.32. The van der Waals surface area contributed by atoms with Gasteiger partial charge in [-0.15, -0.1) is 0 Å². The maximum absolute atomic E-state index is 5.46. The molecule has 0 aliphatic carbocycles. The topological polar surface area (TPSA) is 60.0 Å². The Hall–Kier alpha value is -2.47. The molecule has 0 radical (unpaired) electrons. The maximum Gasteiger partial charge on any atom is 0.240 e. The van der Waals surface area contributed by atoms with Crippen LogP contribution in [0.2, 0.25) is 0 Å². The normalized spacial score (nSPS) is 18.2. The van der Waals surface area contributed by atoms with Crippen molar-refractivity contribution in [1.29, 1.82) is 0 Å². The zero-order valence-electron chi connectivity index (χ0n) is 13.6. The summed E-state index contributed by atoms with van der Waals surface area (Å²) >= 11 is 0. The van der Waals surface area contributed by atoms with E-state index < -0.39 is 0 Å². The highest BCUT2D eigenvalue weighted by Crippen LogP contribution is 2.21. The Balaban J connectivity index is 1.38. The third-order valence-corrected chi connectivity index (χ3v) is 4.51. The number of rotatable bonds is 6. The second-order valence-electron chi connectivity index (χ2n) is 6.26. The first-order valence-electron chi connectivity index (χ1n) is 8.44. The van der Waals surface area contributed by atoms with Gasteiger partial charge in [-0.1, -0.05) is 35.5 Å². The summed E-state index contributed by atoms with van der Waals surface area (Å²) in [7, 11) is 0. The van der Waals surface area contributed by atoms with E-state index in [1.54, 1.807) is 0 Å². The fourth-order valence-electron chi connectivity index (χ4n) is 3.31. The average molecular weight is 323 g/mol. The maximum atomic E-state index is 5.46. The van der Waals surface area contributed by atoms with E-state index in [0.717, 1.165) is 18.9 Å². The van der Waals surface area contributed by atoms with E-state index in [-0.39, 0.29) is 0 Å². The molecule has 1 aromatic carbocycles. The quantitative estimate of drug-likeness (QED) is 0.697. The van der Waals surface area contributed by atoms with Gasteiger partial charge < -0.3 is 4.52 Å². The van der Waals surface area contributed by atoms with Crippen LogP contribution in [0.15, 0.2) is 53.3 Å². The largest absolute Gasteiger partial charge is 0.338 e.